The second-order valence-corrected chi connectivity index (χ2v) is 5.68. The van der Waals surface area contributed by atoms with Gasteiger partial charge in [-0.25, -0.2) is 0 Å². The van der Waals surface area contributed by atoms with Crippen molar-refractivity contribution in [1.29, 1.82) is 0 Å². The molecule has 1 aliphatic heterocycles. The zero-order chi connectivity index (χ0) is 12.8. The van der Waals surface area contributed by atoms with Gasteiger partial charge in [0.25, 0.3) is 0 Å². The Balaban J connectivity index is 1.36. The fraction of sp³-hybridized carbons (Fsp3) is 0.867. The van der Waals surface area contributed by atoms with Crippen molar-refractivity contribution in [2.75, 3.05) is 26.4 Å². The second kappa shape index (κ2) is 7.27. The lowest BCUT2D eigenvalue weighted by Crippen LogP contribution is -2.18. The third-order valence-corrected chi connectivity index (χ3v) is 3.64. The zero-order valence-corrected chi connectivity index (χ0v) is 11.5. The molecule has 0 aromatic heterocycles. The lowest BCUT2D eigenvalue weighted by Gasteiger charge is -2.18. The second-order valence-electron chi connectivity index (χ2n) is 5.68. The molecule has 0 amide bonds. The van der Waals surface area contributed by atoms with Gasteiger partial charge in [-0.1, -0.05) is 12.2 Å². The molecule has 3 nitrogen and oxygen atoms in total. The van der Waals surface area contributed by atoms with E-state index in [9.17, 15) is 0 Å². The van der Waals surface area contributed by atoms with Gasteiger partial charge in [-0.05, 0) is 44.9 Å². The van der Waals surface area contributed by atoms with Crippen LogP contribution in [0.5, 0.6) is 0 Å². The van der Waals surface area contributed by atoms with Crippen molar-refractivity contribution in [1.82, 2.24) is 0 Å². The molecule has 18 heavy (non-hydrogen) atoms. The normalized spacial score (nSPS) is 29.9. The summed E-state index contributed by atoms with van der Waals surface area (Å²) in [5, 5.41) is 0. The SMILES string of the molecule is C=C(C)COCCCCOCC1CCC2OC2C1. The molecule has 0 aromatic carbocycles. The average Bonchev–Trinajstić information content (AvgIpc) is 3.10. The summed E-state index contributed by atoms with van der Waals surface area (Å²) < 4.78 is 16.7. The Morgan fingerprint density at radius 2 is 1.94 bits per heavy atom. The summed E-state index contributed by atoms with van der Waals surface area (Å²) in [6, 6.07) is 0. The van der Waals surface area contributed by atoms with E-state index < -0.39 is 0 Å². The van der Waals surface area contributed by atoms with Crippen LogP contribution in [0.25, 0.3) is 0 Å². The van der Waals surface area contributed by atoms with Gasteiger partial charge in [-0.2, -0.15) is 0 Å². The molecule has 0 bridgehead atoms. The molecule has 3 unspecified atom stereocenters. The van der Waals surface area contributed by atoms with Crippen LogP contribution in [0.1, 0.15) is 39.0 Å². The fourth-order valence-electron chi connectivity index (χ4n) is 2.54. The molecule has 2 aliphatic rings. The Hall–Kier alpha value is -0.380. The average molecular weight is 254 g/mol. The first-order valence-electron chi connectivity index (χ1n) is 7.21. The van der Waals surface area contributed by atoms with E-state index in [0.29, 0.717) is 18.8 Å². The maximum Gasteiger partial charge on any atom is 0.0845 e. The first kappa shape index (κ1) is 14.0. The van der Waals surface area contributed by atoms with Crippen LogP contribution in [0, 0.1) is 5.92 Å². The van der Waals surface area contributed by atoms with Crippen molar-refractivity contribution in [3.8, 4) is 0 Å². The smallest absolute Gasteiger partial charge is 0.0845 e. The Labute approximate surface area is 110 Å². The van der Waals surface area contributed by atoms with E-state index in [4.69, 9.17) is 14.2 Å². The van der Waals surface area contributed by atoms with E-state index in [0.717, 1.165) is 44.2 Å². The summed E-state index contributed by atoms with van der Waals surface area (Å²) in [5.74, 6) is 0.730. The van der Waals surface area contributed by atoms with E-state index >= 15 is 0 Å². The van der Waals surface area contributed by atoms with Crippen molar-refractivity contribution >= 4 is 0 Å². The molecule has 2 rings (SSSR count). The highest BCUT2D eigenvalue weighted by Crippen LogP contribution is 2.39. The number of hydrogen-bond acceptors (Lipinski definition) is 3. The highest BCUT2D eigenvalue weighted by atomic mass is 16.6. The quantitative estimate of drug-likeness (QED) is 0.360. The monoisotopic (exact) mass is 254 g/mol. The molecule has 104 valence electrons. The summed E-state index contributed by atoms with van der Waals surface area (Å²) in [4.78, 5) is 0. The maximum atomic E-state index is 5.74. The van der Waals surface area contributed by atoms with Crippen LogP contribution in [-0.2, 0) is 14.2 Å². The van der Waals surface area contributed by atoms with Crippen LogP contribution in [0.4, 0.5) is 0 Å². The summed E-state index contributed by atoms with van der Waals surface area (Å²) >= 11 is 0. The maximum absolute atomic E-state index is 5.74. The van der Waals surface area contributed by atoms with E-state index in [1.54, 1.807) is 0 Å². The van der Waals surface area contributed by atoms with Crippen LogP contribution >= 0.6 is 0 Å². The molecule has 3 heteroatoms. The highest BCUT2D eigenvalue weighted by molar-refractivity contribution is 4.91. The number of unbranched alkanes of at least 4 members (excludes halogenated alkanes) is 1. The van der Waals surface area contributed by atoms with Crippen LogP contribution in [0.15, 0.2) is 12.2 Å². The Kier molecular flexibility index (Phi) is 5.67. The zero-order valence-electron chi connectivity index (χ0n) is 11.5. The van der Waals surface area contributed by atoms with E-state index in [1.165, 1.54) is 19.3 Å². The molecule has 1 saturated carbocycles. The minimum atomic E-state index is 0.572. The predicted octanol–water partition coefficient (Wildman–Crippen LogP) is 2.94. The van der Waals surface area contributed by atoms with Gasteiger partial charge < -0.3 is 14.2 Å². The van der Waals surface area contributed by atoms with Crippen molar-refractivity contribution in [3.05, 3.63) is 12.2 Å². The van der Waals surface area contributed by atoms with Crippen molar-refractivity contribution in [3.63, 3.8) is 0 Å². The van der Waals surface area contributed by atoms with Gasteiger partial charge >= 0.3 is 0 Å². The number of epoxide rings is 1. The van der Waals surface area contributed by atoms with Crippen molar-refractivity contribution in [2.24, 2.45) is 5.92 Å². The molecule has 3 atom stereocenters. The fourth-order valence-corrected chi connectivity index (χ4v) is 2.54. The molecule has 1 heterocycles. The van der Waals surface area contributed by atoms with Gasteiger partial charge in [0, 0.05) is 19.8 Å². The molecule has 2 fully saturated rings. The van der Waals surface area contributed by atoms with E-state index in [2.05, 4.69) is 6.58 Å². The van der Waals surface area contributed by atoms with Gasteiger partial charge in [0.2, 0.25) is 0 Å². The number of fused-ring (bicyclic) bond motifs is 1. The Bertz CT molecular complexity index is 264. The lowest BCUT2D eigenvalue weighted by atomic mass is 9.90. The van der Waals surface area contributed by atoms with Gasteiger partial charge in [0.05, 0.1) is 18.8 Å². The van der Waals surface area contributed by atoms with Crippen LogP contribution in [0.3, 0.4) is 0 Å². The molecule has 0 N–H and O–H groups in total. The van der Waals surface area contributed by atoms with Crippen molar-refractivity contribution < 1.29 is 14.2 Å². The standard InChI is InChI=1S/C15H26O3/c1-12(2)10-16-7-3-4-8-17-11-13-5-6-14-15(9-13)18-14/h13-15H,1,3-11H2,2H3. The van der Waals surface area contributed by atoms with E-state index in [-0.39, 0.29) is 0 Å². The third-order valence-electron chi connectivity index (χ3n) is 3.64. The number of ether oxygens (including phenoxy) is 3. The Morgan fingerprint density at radius 1 is 1.17 bits per heavy atom. The van der Waals surface area contributed by atoms with Crippen LogP contribution in [0.2, 0.25) is 0 Å². The van der Waals surface area contributed by atoms with Gasteiger partial charge in [0.15, 0.2) is 0 Å². The van der Waals surface area contributed by atoms with Crippen LogP contribution < -0.4 is 0 Å². The molecule has 0 spiro atoms. The molecular formula is C15H26O3. The highest BCUT2D eigenvalue weighted by Gasteiger charge is 2.43. The van der Waals surface area contributed by atoms with Crippen molar-refractivity contribution in [2.45, 2.75) is 51.2 Å². The van der Waals surface area contributed by atoms with Gasteiger partial charge in [0.1, 0.15) is 0 Å². The summed E-state index contributed by atoms with van der Waals surface area (Å²) in [6.45, 7) is 9.07. The molecular weight excluding hydrogens is 228 g/mol. The molecule has 0 aromatic rings. The summed E-state index contributed by atoms with van der Waals surface area (Å²) in [6.07, 6.45) is 7.08. The topological polar surface area (TPSA) is 31.0 Å². The molecule has 0 radical (unpaired) electrons. The van der Waals surface area contributed by atoms with Gasteiger partial charge in [-0.15, -0.1) is 0 Å². The first-order chi connectivity index (χ1) is 8.75. The minimum Gasteiger partial charge on any atom is -0.381 e. The van der Waals surface area contributed by atoms with E-state index in [1.807, 2.05) is 6.92 Å². The largest absolute Gasteiger partial charge is 0.381 e. The Morgan fingerprint density at radius 3 is 2.67 bits per heavy atom. The molecule has 1 saturated heterocycles. The summed E-state index contributed by atoms with van der Waals surface area (Å²) in [5.41, 5.74) is 1.09. The lowest BCUT2D eigenvalue weighted by molar-refractivity contribution is 0.0778. The predicted molar refractivity (Wildman–Crippen MR) is 71.7 cm³/mol. The number of rotatable bonds is 9. The summed E-state index contributed by atoms with van der Waals surface area (Å²) in [7, 11) is 0. The molecule has 1 aliphatic carbocycles. The minimum absolute atomic E-state index is 0.572. The third kappa shape index (κ3) is 5.09. The van der Waals surface area contributed by atoms with Gasteiger partial charge in [-0.3, -0.25) is 0 Å². The number of hydrogen-bond donors (Lipinski definition) is 0. The first-order valence-corrected chi connectivity index (χ1v) is 7.21. The van der Waals surface area contributed by atoms with Crippen LogP contribution in [-0.4, -0.2) is 38.6 Å².